The van der Waals surface area contributed by atoms with Crippen molar-refractivity contribution in [2.45, 2.75) is 26.1 Å². The fraction of sp³-hybridized carbons (Fsp3) is 0.571. The lowest BCUT2D eigenvalue weighted by molar-refractivity contribution is 0.184. The minimum Gasteiger partial charge on any atom is -0.380 e. The number of rotatable bonds is 7. The van der Waals surface area contributed by atoms with Crippen molar-refractivity contribution < 1.29 is 4.74 Å². The first-order chi connectivity index (χ1) is 8.15. The van der Waals surface area contributed by atoms with Gasteiger partial charge in [-0.05, 0) is 32.1 Å². The smallest absolute Gasteiger partial charge is 0.0716 e. The first-order valence-corrected chi connectivity index (χ1v) is 6.08. The standard InChI is InChI=1S/C14H24N2O/c1-12(16(2)3)9-15-10-13-7-5-6-8-14(13)11-17-4/h5-8,12,15H,9-11H2,1-4H3. The summed E-state index contributed by atoms with van der Waals surface area (Å²) < 4.78 is 5.20. The lowest BCUT2D eigenvalue weighted by Crippen LogP contribution is -2.35. The molecule has 0 fully saturated rings. The van der Waals surface area contributed by atoms with Gasteiger partial charge in [-0.1, -0.05) is 24.3 Å². The minimum atomic E-state index is 0.546. The molecule has 0 saturated carbocycles. The predicted molar refractivity (Wildman–Crippen MR) is 72.0 cm³/mol. The van der Waals surface area contributed by atoms with Crippen LogP contribution in [0.5, 0.6) is 0 Å². The SMILES string of the molecule is COCc1ccccc1CNCC(C)N(C)C. The Labute approximate surface area is 105 Å². The van der Waals surface area contributed by atoms with Crippen molar-refractivity contribution in [2.75, 3.05) is 27.7 Å². The van der Waals surface area contributed by atoms with E-state index in [4.69, 9.17) is 4.74 Å². The highest BCUT2D eigenvalue weighted by Crippen LogP contribution is 2.09. The van der Waals surface area contributed by atoms with Gasteiger partial charge in [0.1, 0.15) is 0 Å². The topological polar surface area (TPSA) is 24.5 Å². The quantitative estimate of drug-likeness (QED) is 0.782. The van der Waals surface area contributed by atoms with Gasteiger partial charge in [0.25, 0.3) is 0 Å². The van der Waals surface area contributed by atoms with E-state index >= 15 is 0 Å². The molecule has 1 aromatic rings. The third-order valence-electron chi connectivity index (χ3n) is 3.05. The second-order valence-electron chi connectivity index (χ2n) is 4.65. The van der Waals surface area contributed by atoms with Crippen LogP contribution >= 0.6 is 0 Å². The number of likely N-dealkylation sites (N-methyl/N-ethyl adjacent to an activating group) is 1. The molecule has 0 heterocycles. The van der Waals surface area contributed by atoms with Crippen molar-refractivity contribution in [3.63, 3.8) is 0 Å². The Morgan fingerprint density at radius 1 is 1.24 bits per heavy atom. The highest BCUT2D eigenvalue weighted by atomic mass is 16.5. The summed E-state index contributed by atoms with van der Waals surface area (Å²) in [5, 5.41) is 3.48. The van der Waals surface area contributed by atoms with Crippen molar-refractivity contribution in [1.82, 2.24) is 10.2 Å². The summed E-state index contributed by atoms with van der Waals surface area (Å²) in [7, 11) is 5.94. The fourth-order valence-corrected chi connectivity index (χ4v) is 1.62. The fourth-order valence-electron chi connectivity index (χ4n) is 1.62. The van der Waals surface area contributed by atoms with E-state index in [-0.39, 0.29) is 0 Å². The number of methoxy groups -OCH3 is 1. The normalized spacial score (nSPS) is 13.0. The van der Waals surface area contributed by atoms with Crippen LogP contribution in [0, 0.1) is 0 Å². The molecule has 0 amide bonds. The summed E-state index contributed by atoms with van der Waals surface area (Å²) in [5.41, 5.74) is 2.58. The molecule has 3 nitrogen and oxygen atoms in total. The van der Waals surface area contributed by atoms with E-state index < -0.39 is 0 Å². The van der Waals surface area contributed by atoms with E-state index in [9.17, 15) is 0 Å². The van der Waals surface area contributed by atoms with Crippen LogP contribution < -0.4 is 5.32 Å². The van der Waals surface area contributed by atoms with Gasteiger partial charge in [-0.15, -0.1) is 0 Å². The third-order valence-corrected chi connectivity index (χ3v) is 3.05. The summed E-state index contributed by atoms with van der Waals surface area (Å²) in [6.07, 6.45) is 0. The molecule has 0 spiro atoms. The first-order valence-electron chi connectivity index (χ1n) is 6.08. The Balaban J connectivity index is 2.45. The molecule has 1 unspecified atom stereocenters. The number of hydrogen-bond donors (Lipinski definition) is 1. The van der Waals surface area contributed by atoms with E-state index in [1.165, 1.54) is 11.1 Å². The van der Waals surface area contributed by atoms with Crippen LogP contribution in [0.2, 0.25) is 0 Å². The Bertz CT molecular complexity index is 326. The first kappa shape index (κ1) is 14.2. The summed E-state index contributed by atoms with van der Waals surface area (Å²) in [5.74, 6) is 0. The zero-order valence-electron chi connectivity index (χ0n) is 11.4. The van der Waals surface area contributed by atoms with Gasteiger partial charge in [0.2, 0.25) is 0 Å². The monoisotopic (exact) mass is 236 g/mol. The van der Waals surface area contributed by atoms with Crippen LogP contribution in [0.15, 0.2) is 24.3 Å². The van der Waals surface area contributed by atoms with Crippen LogP contribution in [0.25, 0.3) is 0 Å². The maximum atomic E-state index is 5.20. The summed E-state index contributed by atoms with van der Waals surface area (Å²) in [4.78, 5) is 2.22. The molecular formula is C14H24N2O. The van der Waals surface area contributed by atoms with E-state index in [2.05, 4.69) is 55.5 Å². The molecule has 0 bridgehead atoms. The molecule has 0 radical (unpaired) electrons. The Morgan fingerprint density at radius 2 is 1.88 bits per heavy atom. The largest absolute Gasteiger partial charge is 0.380 e. The van der Waals surface area contributed by atoms with Crippen LogP contribution in [0.1, 0.15) is 18.1 Å². The highest BCUT2D eigenvalue weighted by Gasteiger charge is 2.05. The molecule has 1 aromatic carbocycles. The van der Waals surface area contributed by atoms with Gasteiger partial charge in [0, 0.05) is 26.2 Å². The number of nitrogens with zero attached hydrogens (tertiary/aromatic N) is 1. The average Bonchev–Trinajstić information content (AvgIpc) is 2.31. The summed E-state index contributed by atoms with van der Waals surface area (Å²) >= 11 is 0. The maximum absolute atomic E-state index is 5.20. The Kier molecular flexibility index (Phi) is 6.19. The molecule has 17 heavy (non-hydrogen) atoms. The van der Waals surface area contributed by atoms with Gasteiger partial charge in [0.15, 0.2) is 0 Å². The molecule has 0 aliphatic heterocycles. The Hall–Kier alpha value is -0.900. The summed E-state index contributed by atoms with van der Waals surface area (Å²) in [6, 6.07) is 8.95. The zero-order chi connectivity index (χ0) is 12.7. The molecule has 0 saturated heterocycles. The van der Waals surface area contributed by atoms with Crippen LogP contribution in [0.4, 0.5) is 0 Å². The molecule has 3 heteroatoms. The Morgan fingerprint density at radius 3 is 2.47 bits per heavy atom. The molecule has 0 aromatic heterocycles. The molecular weight excluding hydrogens is 212 g/mol. The molecule has 96 valence electrons. The van der Waals surface area contributed by atoms with E-state index in [0.717, 1.165) is 13.1 Å². The van der Waals surface area contributed by atoms with Gasteiger partial charge >= 0.3 is 0 Å². The van der Waals surface area contributed by atoms with Gasteiger partial charge in [-0.2, -0.15) is 0 Å². The van der Waals surface area contributed by atoms with E-state index in [1.807, 2.05) is 0 Å². The molecule has 1 N–H and O–H groups in total. The van der Waals surface area contributed by atoms with Crippen molar-refractivity contribution >= 4 is 0 Å². The van der Waals surface area contributed by atoms with Crippen molar-refractivity contribution in [3.05, 3.63) is 35.4 Å². The predicted octanol–water partition coefficient (Wildman–Crippen LogP) is 1.87. The second kappa shape index (κ2) is 7.43. The van der Waals surface area contributed by atoms with Crippen LogP contribution in [0.3, 0.4) is 0 Å². The van der Waals surface area contributed by atoms with Crippen molar-refractivity contribution in [2.24, 2.45) is 0 Å². The lowest BCUT2D eigenvalue weighted by Gasteiger charge is -2.20. The van der Waals surface area contributed by atoms with Crippen molar-refractivity contribution in [3.8, 4) is 0 Å². The minimum absolute atomic E-state index is 0.546. The molecule has 0 aliphatic carbocycles. The number of hydrogen-bond acceptors (Lipinski definition) is 3. The maximum Gasteiger partial charge on any atom is 0.0716 e. The van der Waals surface area contributed by atoms with Crippen LogP contribution in [-0.4, -0.2) is 38.7 Å². The lowest BCUT2D eigenvalue weighted by atomic mass is 10.1. The zero-order valence-corrected chi connectivity index (χ0v) is 11.4. The van der Waals surface area contributed by atoms with Gasteiger partial charge in [-0.25, -0.2) is 0 Å². The summed E-state index contributed by atoms with van der Waals surface area (Å²) in [6.45, 7) is 4.79. The number of nitrogens with one attached hydrogen (secondary N) is 1. The third kappa shape index (κ3) is 4.86. The van der Waals surface area contributed by atoms with E-state index in [1.54, 1.807) is 7.11 Å². The van der Waals surface area contributed by atoms with E-state index in [0.29, 0.717) is 12.6 Å². The van der Waals surface area contributed by atoms with Crippen molar-refractivity contribution in [1.29, 1.82) is 0 Å². The average molecular weight is 236 g/mol. The molecule has 1 atom stereocenters. The van der Waals surface area contributed by atoms with Gasteiger partial charge < -0.3 is 15.0 Å². The highest BCUT2D eigenvalue weighted by molar-refractivity contribution is 5.26. The molecule has 1 rings (SSSR count). The molecule has 0 aliphatic rings. The number of ether oxygens (including phenoxy) is 1. The van der Waals surface area contributed by atoms with Gasteiger partial charge in [-0.3, -0.25) is 0 Å². The van der Waals surface area contributed by atoms with Crippen LogP contribution in [-0.2, 0) is 17.9 Å². The second-order valence-corrected chi connectivity index (χ2v) is 4.65. The van der Waals surface area contributed by atoms with Gasteiger partial charge in [0.05, 0.1) is 6.61 Å². The number of benzene rings is 1.